The number of amides is 1. The summed E-state index contributed by atoms with van der Waals surface area (Å²) in [4.78, 5) is 26.1. The Hall–Kier alpha value is -5.58. The number of ether oxygens (including phenoxy) is 1. The lowest BCUT2D eigenvalue weighted by Gasteiger charge is -2.10. The molecule has 0 bridgehead atoms. The Bertz CT molecular complexity index is 1750. The molecule has 4 heterocycles. The molecule has 1 amide bonds. The van der Waals surface area contributed by atoms with E-state index in [1.165, 1.54) is 0 Å². The molecule has 0 aliphatic heterocycles. The molecule has 0 saturated heterocycles. The molecule has 0 saturated carbocycles. The molecular formula is C28H22N8O3. The van der Waals surface area contributed by atoms with E-state index in [-0.39, 0.29) is 11.7 Å². The molecule has 6 aromatic rings. The highest BCUT2D eigenvalue weighted by molar-refractivity contribution is 5.94. The number of nitrogens with one attached hydrogen (secondary N) is 1. The molecule has 11 heteroatoms. The van der Waals surface area contributed by atoms with Crippen LogP contribution in [0.25, 0.3) is 28.2 Å². The van der Waals surface area contributed by atoms with Crippen molar-refractivity contribution in [1.29, 1.82) is 0 Å². The van der Waals surface area contributed by atoms with Crippen LogP contribution < -0.4 is 15.8 Å². The van der Waals surface area contributed by atoms with Crippen LogP contribution in [0.5, 0.6) is 11.6 Å². The lowest BCUT2D eigenvalue weighted by Crippen LogP contribution is -2.25. The number of fused-ring (bicyclic) bond motifs is 1. The van der Waals surface area contributed by atoms with Gasteiger partial charge in [-0.2, -0.15) is 0 Å². The van der Waals surface area contributed by atoms with Crippen LogP contribution in [0.2, 0.25) is 0 Å². The first-order chi connectivity index (χ1) is 19.2. The van der Waals surface area contributed by atoms with Crippen molar-refractivity contribution in [3.63, 3.8) is 0 Å². The van der Waals surface area contributed by atoms with Crippen LogP contribution in [-0.4, -0.2) is 42.3 Å². The van der Waals surface area contributed by atoms with Crippen molar-refractivity contribution in [2.24, 2.45) is 0 Å². The summed E-state index contributed by atoms with van der Waals surface area (Å²) in [6.45, 7) is 0.469. The molecule has 0 aliphatic carbocycles. The monoisotopic (exact) mass is 518 g/mol. The van der Waals surface area contributed by atoms with E-state index in [4.69, 9.17) is 15.1 Å². The highest BCUT2D eigenvalue weighted by atomic mass is 16.6. The fraction of sp³-hybridized carbons (Fsp3) is 0.0714. The van der Waals surface area contributed by atoms with Gasteiger partial charge in [0.2, 0.25) is 5.88 Å². The van der Waals surface area contributed by atoms with Crippen molar-refractivity contribution < 1.29 is 14.2 Å². The number of pyridine rings is 2. The van der Waals surface area contributed by atoms with E-state index in [1.807, 2.05) is 53.1 Å². The fourth-order valence-corrected chi connectivity index (χ4v) is 4.14. The number of nitrogens with two attached hydrogens (primary N) is 1. The molecule has 11 nitrogen and oxygen atoms in total. The minimum absolute atomic E-state index is 0.127. The Morgan fingerprint density at radius 2 is 1.85 bits per heavy atom. The van der Waals surface area contributed by atoms with Gasteiger partial charge < -0.3 is 15.8 Å². The average molecular weight is 519 g/mol. The quantitative estimate of drug-likeness (QED) is 0.302. The van der Waals surface area contributed by atoms with Crippen LogP contribution in [0.15, 0.2) is 95.9 Å². The molecule has 0 aliphatic rings. The molecule has 39 heavy (non-hydrogen) atoms. The number of nitrogen functional groups attached to an aromatic ring is 1. The summed E-state index contributed by atoms with van der Waals surface area (Å²) in [5.74, 6) is 1.17. The Labute approximate surface area is 222 Å². The molecule has 2 aromatic carbocycles. The first-order valence-electron chi connectivity index (χ1n) is 12.1. The molecule has 192 valence electrons. The Morgan fingerprint density at radius 3 is 2.64 bits per heavy atom. The molecule has 0 fully saturated rings. The van der Waals surface area contributed by atoms with E-state index in [1.54, 1.807) is 42.7 Å². The zero-order chi connectivity index (χ0) is 26.6. The summed E-state index contributed by atoms with van der Waals surface area (Å²) in [6, 6.07) is 24.0. The van der Waals surface area contributed by atoms with Crippen LogP contribution in [0.4, 0.5) is 5.82 Å². The van der Waals surface area contributed by atoms with Gasteiger partial charge in [-0.3, -0.25) is 14.3 Å². The number of aromatic nitrogens is 6. The highest BCUT2D eigenvalue weighted by Crippen LogP contribution is 2.32. The van der Waals surface area contributed by atoms with Crippen molar-refractivity contribution in [2.75, 3.05) is 12.3 Å². The van der Waals surface area contributed by atoms with Crippen LogP contribution in [0.1, 0.15) is 16.1 Å². The second-order valence-electron chi connectivity index (χ2n) is 8.57. The van der Waals surface area contributed by atoms with Crippen molar-refractivity contribution in [3.05, 3.63) is 103 Å². The second kappa shape index (κ2) is 10.4. The van der Waals surface area contributed by atoms with Crippen LogP contribution >= 0.6 is 0 Å². The summed E-state index contributed by atoms with van der Waals surface area (Å²) >= 11 is 0. The summed E-state index contributed by atoms with van der Waals surface area (Å²) in [7, 11) is 0. The van der Waals surface area contributed by atoms with E-state index in [0.29, 0.717) is 52.7 Å². The maximum Gasteiger partial charge on any atom is 0.251 e. The Kier molecular flexibility index (Phi) is 6.36. The maximum absolute atomic E-state index is 12.7. The smallest absolute Gasteiger partial charge is 0.251 e. The van der Waals surface area contributed by atoms with E-state index < -0.39 is 0 Å². The Morgan fingerprint density at radius 1 is 0.974 bits per heavy atom. The third-order valence-corrected chi connectivity index (χ3v) is 5.97. The number of hydrogen-bond donors (Lipinski definition) is 2. The molecule has 0 unspecified atom stereocenters. The summed E-state index contributed by atoms with van der Waals surface area (Å²) in [5, 5.41) is 10.5. The minimum Gasteiger partial charge on any atom is -0.439 e. The van der Waals surface area contributed by atoms with Gasteiger partial charge in [-0.15, -0.1) is 0 Å². The van der Waals surface area contributed by atoms with Crippen LogP contribution in [0.3, 0.4) is 0 Å². The normalized spacial score (nSPS) is 11.0. The van der Waals surface area contributed by atoms with Crippen LogP contribution in [-0.2, 0) is 6.42 Å². The summed E-state index contributed by atoms with van der Waals surface area (Å²) in [5.41, 5.74) is 9.83. The third kappa shape index (κ3) is 5.01. The lowest BCUT2D eigenvalue weighted by molar-refractivity contribution is 0.0953. The molecule has 0 spiro atoms. The minimum atomic E-state index is -0.203. The van der Waals surface area contributed by atoms with Crippen molar-refractivity contribution >= 4 is 22.8 Å². The zero-order valence-corrected chi connectivity index (χ0v) is 20.6. The molecule has 3 N–H and O–H groups in total. The SMILES string of the molecule is Nc1nonc1-c1nc2cnc(Oc3cccc(C(=O)NCCc4ccccn4)c3)cc2n1-c1ccccc1. The summed E-state index contributed by atoms with van der Waals surface area (Å²) in [6.07, 6.45) is 3.98. The number of anilines is 1. The van der Waals surface area contributed by atoms with Gasteiger partial charge in [0, 0.05) is 42.2 Å². The van der Waals surface area contributed by atoms with Crippen LogP contribution in [0, 0.1) is 0 Å². The number of carbonyl (C=O) groups is 1. The van der Waals surface area contributed by atoms with E-state index in [0.717, 1.165) is 11.4 Å². The highest BCUT2D eigenvalue weighted by Gasteiger charge is 2.21. The maximum atomic E-state index is 12.7. The first-order valence-corrected chi connectivity index (χ1v) is 12.1. The molecule has 6 rings (SSSR count). The number of rotatable bonds is 8. The molecule has 4 aromatic heterocycles. The van der Waals surface area contributed by atoms with E-state index in [9.17, 15) is 4.79 Å². The standard InChI is InChI=1S/C28H22N8O3/c29-26-25(34-39-35-26)27-33-22-17-32-24(16-23(22)36(27)20-9-2-1-3-10-20)38-21-11-6-7-18(15-21)28(37)31-14-12-19-8-4-5-13-30-19/h1-11,13,15-17H,12,14H2,(H2,29,35)(H,31,37). The van der Waals surface area contributed by atoms with Crippen molar-refractivity contribution in [2.45, 2.75) is 6.42 Å². The molecule has 0 radical (unpaired) electrons. The van der Waals surface area contributed by atoms with E-state index in [2.05, 4.69) is 30.6 Å². The number of para-hydroxylation sites is 1. The van der Waals surface area contributed by atoms with Gasteiger partial charge in [0.05, 0.1) is 11.7 Å². The van der Waals surface area contributed by atoms with E-state index >= 15 is 0 Å². The third-order valence-electron chi connectivity index (χ3n) is 5.97. The second-order valence-corrected chi connectivity index (χ2v) is 8.57. The van der Waals surface area contributed by atoms with Gasteiger partial charge in [-0.05, 0) is 52.8 Å². The van der Waals surface area contributed by atoms with Gasteiger partial charge in [-0.1, -0.05) is 30.3 Å². The fourth-order valence-electron chi connectivity index (χ4n) is 4.14. The number of benzene rings is 2. The topological polar surface area (TPSA) is 147 Å². The number of hydrogen-bond acceptors (Lipinski definition) is 9. The number of carbonyl (C=O) groups excluding carboxylic acids is 1. The van der Waals surface area contributed by atoms with Gasteiger partial charge in [-0.25, -0.2) is 14.6 Å². The summed E-state index contributed by atoms with van der Waals surface area (Å²) < 4.78 is 12.7. The predicted molar refractivity (Wildman–Crippen MR) is 143 cm³/mol. The van der Waals surface area contributed by atoms with Gasteiger partial charge in [0.15, 0.2) is 17.3 Å². The Balaban J connectivity index is 1.26. The zero-order valence-electron chi connectivity index (χ0n) is 20.6. The lowest BCUT2D eigenvalue weighted by atomic mass is 10.2. The van der Waals surface area contributed by atoms with Gasteiger partial charge in [0.25, 0.3) is 5.91 Å². The first kappa shape index (κ1) is 23.8. The molecule has 0 atom stereocenters. The number of nitrogens with zero attached hydrogens (tertiary/aromatic N) is 6. The van der Waals surface area contributed by atoms with Crippen molar-refractivity contribution in [1.82, 2.24) is 35.1 Å². The average Bonchev–Trinajstić information content (AvgIpc) is 3.57. The van der Waals surface area contributed by atoms with Gasteiger partial charge >= 0.3 is 0 Å². The van der Waals surface area contributed by atoms with Gasteiger partial charge in [0.1, 0.15) is 11.3 Å². The number of imidazole rings is 1. The largest absolute Gasteiger partial charge is 0.439 e. The van der Waals surface area contributed by atoms with Crippen molar-refractivity contribution in [3.8, 4) is 28.8 Å². The molecular weight excluding hydrogens is 496 g/mol. The predicted octanol–water partition coefficient (Wildman–Crippen LogP) is 4.21.